The summed E-state index contributed by atoms with van der Waals surface area (Å²) < 4.78 is 28.7. The third-order valence-corrected chi connectivity index (χ3v) is 12.5. The Morgan fingerprint density at radius 1 is 1.00 bits per heavy atom. The van der Waals surface area contributed by atoms with Gasteiger partial charge in [0.1, 0.15) is 31.2 Å². The van der Waals surface area contributed by atoms with E-state index in [1.54, 1.807) is 13.0 Å². The molecule has 41 heavy (non-hydrogen) atoms. The third-order valence-electron chi connectivity index (χ3n) is 12.5. The summed E-state index contributed by atoms with van der Waals surface area (Å²) >= 11 is 0. The van der Waals surface area contributed by atoms with Gasteiger partial charge in [0, 0.05) is 32.1 Å². The van der Waals surface area contributed by atoms with Crippen LogP contribution >= 0.6 is 0 Å². The fourth-order valence-electron chi connectivity index (χ4n) is 10.2. The van der Waals surface area contributed by atoms with Crippen molar-refractivity contribution in [2.75, 3.05) is 20.8 Å². The van der Waals surface area contributed by atoms with Gasteiger partial charge in [0.15, 0.2) is 6.29 Å². The highest BCUT2D eigenvalue weighted by atomic mass is 16.7. The van der Waals surface area contributed by atoms with Crippen LogP contribution in [0.15, 0.2) is 11.6 Å². The molecular weight excluding hydrogens is 532 g/mol. The number of aliphatic hydroxyl groups is 3. The van der Waals surface area contributed by atoms with Gasteiger partial charge in [-0.1, -0.05) is 6.92 Å². The molecule has 0 spiro atoms. The maximum Gasteiger partial charge on any atom is 0.331 e. The Hall–Kier alpha value is -1.40. The zero-order valence-electron chi connectivity index (χ0n) is 24.6. The van der Waals surface area contributed by atoms with E-state index < -0.39 is 52.7 Å². The normalized spacial score (nSPS) is 53.1. The van der Waals surface area contributed by atoms with Gasteiger partial charge >= 0.3 is 5.97 Å². The third kappa shape index (κ3) is 4.15. The standard InChI is InChI=1S/C31H46O10/c1-17-24(34)25(37-3)26(38-4)27(40-17)41-19-5-10-29(16-32)21-6-9-28(2)20(18-13-23(33)39-15-18)8-12-31(28,36)22(21)7-11-30(29,35)14-19/h13,16-17,19-22,24-27,34-36H,5-12,14-15H2,1-4H3/t17-,19+,20+,21-,22+,24+,25+,26-,27-,28-,29+,30-,31+/m1/s1. The van der Waals surface area contributed by atoms with Crippen molar-refractivity contribution in [2.24, 2.45) is 28.6 Å². The average Bonchev–Trinajstić information content (AvgIpc) is 3.49. The molecule has 3 N–H and O–H groups in total. The lowest BCUT2D eigenvalue weighted by molar-refractivity contribution is -0.323. The molecular formula is C31H46O10. The maximum atomic E-state index is 13.1. The Kier molecular flexibility index (Phi) is 7.49. The van der Waals surface area contributed by atoms with Crippen LogP contribution in [-0.2, 0) is 33.3 Å². The minimum atomic E-state index is -1.27. The van der Waals surface area contributed by atoms with Gasteiger partial charge in [0.25, 0.3) is 0 Å². The zero-order valence-corrected chi connectivity index (χ0v) is 24.6. The summed E-state index contributed by atoms with van der Waals surface area (Å²) in [5, 5.41) is 35.2. The highest BCUT2D eigenvalue weighted by Gasteiger charge is 2.71. The summed E-state index contributed by atoms with van der Waals surface area (Å²) in [6.07, 6.45) is 3.93. The molecule has 4 saturated carbocycles. The van der Waals surface area contributed by atoms with Gasteiger partial charge in [-0.3, -0.25) is 0 Å². The van der Waals surface area contributed by atoms with Crippen LogP contribution in [0.5, 0.6) is 0 Å². The Bertz CT molecular complexity index is 1080. The van der Waals surface area contributed by atoms with E-state index >= 15 is 0 Å². The predicted octanol–water partition coefficient (Wildman–Crippen LogP) is 2.06. The topological polar surface area (TPSA) is 141 Å². The molecule has 0 radical (unpaired) electrons. The van der Waals surface area contributed by atoms with E-state index in [-0.39, 0.29) is 36.2 Å². The molecule has 6 rings (SSSR count). The summed E-state index contributed by atoms with van der Waals surface area (Å²) in [5.74, 6) is -0.499. The van der Waals surface area contributed by atoms with Crippen molar-refractivity contribution in [2.45, 2.75) is 120 Å². The average molecular weight is 579 g/mol. The molecule has 0 unspecified atom stereocenters. The monoisotopic (exact) mass is 578 g/mol. The summed E-state index contributed by atoms with van der Waals surface area (Å²) in [7, 11) is 3.04. The number of rotatable bonds is 6. The molecule has 0 aromatic carbocycles. The van der Waals surface area contributed by atoms with Crippen molar-refractivity contribution < 1.29 is 48.6 Å². The lowest BCUT2D eigenvalue weighted by Crippen LogP contribution is -2.69. The molecule has 13 atom stereocenters. The van der Waals surface area contributed by atoms with Crippen molar-refractivity contribution in [3.8, 4) is 0 Å². The van der Waals surface area contributed by atoms with Gasteiger partial charge in [-0.25, -0.2) is 4.79 Å². The molecule has 6 aliphatic rings. The van der Waals surface area contributed by atoms with E-state index in [2.05, 4.69) is 6.92 Å². The first-order chi connectivity index (χ1) is 19.5. The van der Waals surface area contributed by atoms with Crippen molar-refractivity contribution >= 4 is 12.3 Å². The molecule has 2 aliphatic heterocycles. The number of carbonyl (C=O) groups excluding carboxylic acids is 2. The SMILES string of the molecule is CO[C@H]1[C@@H](O[C@H]2CC[C@]3(C=O)[C@@H]4CC[C@]5(C)[C@H](C6=CC(=O)OC6)CC[C@]5(O)[C@H]4CC[C@@]3(O)C2)O[C@H](C)[C@H](O)[C@@H]1OC. The number of hydrogen-bond donors (Lipinski definition) is 3. The van der Waals surface area contributed by atoms with E-state index in [0.29, 0.717) is 38.7 Å². The first-order valence-corrected chi connectivity index (χ1v) is 15.3. The maximum absolute atomic E-state index is 13.1. The summed E-state index contributed by atoms with van der Waals surface area (Å²) in [5.41, 5.74) is -2.66. The Labute approximate surface area is 241 Å². The summed E-state index contributed by atoms with van der Waals surface area (Å²) in [6, 6.07) is 0. The van der Waals surface area contributed by atoms with E-state index in [4.69, 9.17) is 23.7 Å². The fraction of sp³-hybridized carbons (Fsp3) is 0.871. The minimum Gasteiger partial charge on any atom is -0.458 e. The van der Waals surface area contributed by atoms with Gasteiger partial charge in [0.05, 0.1) is 28.8 Å². The molecule has 0 aromatic rings. The van der Waals surface area contributed by atoms with Crippen LogP contribution in [0.25, 0.3) is 0 Å². The predicted molar refractivity (Wildman–Crippen MR) is 144 cm³/mol. The first-order valence-electron chi connectivity index (χ1n) is 15.3. The Morgan fingerprint density at radius 3 is 2.39 bits per heavy atom. The molecule has 0 amide bonds. The number of cyclic esters (lactones) is 1. The Morgan fingerprint density at radius 2 is 1.73 bits per heavy atom. The van der Waals surface area contributed by atoms with Gasteiger partial charge < -0.3 is 43.8 Å². The highest BCUT2D eigenvalue weighted by molar-refractivity contribution is 5.85. The van der Waals surface area contributed by atoms with E-state index in [9.17, 15) is 24.9 Å². The quantitative estimate of drug-likeness (QED) is 0.244. The molecule has 10 heteroatoms. The molecule has 0 bridgehead atoms. The number of hydrogen-bond acceptors (Lipinski definition) is 10. The molecule has 4 aliphatic carbocycles. The number of carbonyl (C=O) groups is 2. The highest BCUT2D eigenvalue weighted by Crippen LogP contribution is 2.70. The zero-order chi connectivity index (χ0) is 29.4. The van der Waals surface area contributed by atoms with Crippen LogP contribution < -0.4 is 0 Å². The molecule has 2 heterocycles. The van der Waals surface area contributed by atoms with Gasteiger partial charge in [-0.05, 0) is 81.6 Å². The number of ether oxygens (including phenoxy) is 5. The summed E-state index contributed by atoms with van der Waals surface area (Å²) in [6.45, 7) is 4.20. The second-order valence-corrected chi connectivity index (χ2v) is 13.8. The molecule has 0 aromatic heterocycles. The number of fused-ring (bicyclic) bond motifs is 5. The van der Waals surface area contributed by atoms with Gasteiger partial charge in [-0.15, -0.1) is 0 Å². The van der Waals surface area contributed by atoms with Gasteiger partial charge in [0.2, 0.25) is 0 Å². The number of esters is 1. The van der Waals surface area contributed by atoms with Gasteiger partial charge in [-0.2, -0.15) is 0 Å². The van der Waals surface area contributed by atoms with Crippen LogP contribution in [0, 0.1) is 28.6 Å². The second kappa shape index (κ2) is 10.4. The largest absolute Gasteiger partial charge is 0.458 e. The van der Waals surface area contributed by atoms with E-state index in [0.717, 1.165) is 31.1 Å². The fourth-order valence-corrected chi connectivity index (χ4v) is 10.2. The molecule has 1 saturated heterocycles. The molecule has 230 valence electrons. The summed E-state index contributed by atoms with van der Waals surface area (Å²) in [4.78, 5) is 24.9. The van der Waals surface area contributed by atoms with Crippen molar-refractivity contribution in [3.05, 3.63) is 11.6 Å². The van der Waals surface area contributed by atoms with Crippen molar-refractivity contribution in [3.63, 3.8) is 0 Å². The minimum absolute atomic E-state index is 0.0677. The van der Waals surface area contributed by atoms with Crippen LogP contribution in [0.3, 0.4) is 0 Å². The number of methoxy groups -OCH3 is 2. The van der Waals surface area contributed by atoms with Crippen molar-refractivity contribution in [1.82, 2.24) is 0 Å². The van der Waals surface area contributed by atoms with Crippen LogP contribution in [-0.4, -0.2) is 96.4 Å². The smallest absolute Gasteiger partial charge is 0.331 e. The Balaban J connectivity index is 1.22. The lowest BCUT2D eigenvalue weighted by atomic mass is 9.41. The first kappa shape index (κ1) is 29.7. The number of aliphatic hydroxyl groups excluding tert-OH is 1. The van der Waals surface area contributed by atoms with Crippen LogP contribution in [0.1, 0.15) is 71.6 Å². The van der Waals surface area contributed by atoms with Crippen molar-refractivity contribution in [1.29, 1.82) is 0 Å². The lowest BCUT2D eigenvalue weighted by Gasteiger charge is -2.65. The van der Waals surface area contributed by atoms with E-state index in [1.807, 2.05) is 0 Å². The number of aldehydes is 1. The van der Waals surface area contributed by atoms with Crippen LogP contribution in [0.4, 0.5) is 0 Å². The van der Waals surface area contributed by atoms with E-state index in [1.165, 1.54) is 14.2 Å². The second-order valence-electron chi connectivity index (χ2n) is 13.8. The molecule has 5 fully saturated rings. The van der Waals surface area contributed by atoms with Crippen LogP contribution in [0.2, 0.25) is 0 Å². The molecule has 10 nitrogen and oxygen atoms in total.